The third-order valence-electron chi connectivity index (χ3n) is 5.76. The molecule has 136 valence electrons. The van der Waals surface area contributed by atoms with Crippen molar-refractivity contribution in [2.75, 3.05) is 16.5 Å². The van der Waals surface area contributed by atoms with Crippen LogP contribution in [0.25, 0.3) is 0 Å². The highest BCUT2D eigenvalue weighted by atomic mass is 16.5. The van der Waals surface area contributed by atoms with Crippen LogP contribution in [0.4, 0.5) is 11.4 Å². The molecule has 2 aromatic rings. The molecule has 2 bridgehead atoms. The second-order valence-electron chi connectivity index (χ2n) is 7.33. The smallest absolute Gasteiger partial charge is 0.266 e. The molecule has 0 spiro atoms. The van der Waals surface area contributed by atoms with Crippen LogP contribution in [-0.4, -0.2) is 18.5 Å². The minimum Gasteiger partial charge on any atom is -0.471 e. The number of hydrogen-bond acceptors (Lipinski definition) is 4. The summed E-state index contributed by atoms with van der Waals surface area (Å²) in [5, 5.41) is 0. The highest BCUT2D eigenvalue weighted by Gasteiger charge is 2.47. The topological polar surface area (TPSA) is 49.9 Å². The minimum absolute atomic E-state index is 0.239. The van der Waals surface area contributed by atoms with Gasteiger partial charge in [-0.05, 0) is 35.8 Å². The molecule has 2 aliphatic heterocycles. The van der Waals surface area contributed by atoms with Crippen LogP contribution in [0.15, 0.2) is 83.0 Å². The van der Waals surface area contributed by atoms with Crippen LogP contribution < -0.4 is 14.5 Å². The number of amides is 2. The monoisotopic (exact) mass is 368 g/mol. The molecular weight excluding hydrogens is 352 g/mol. The Morgan fingerprint density at radius 2 is 1.54 bits per heavy atom. The van der Waals surface area contributed by atoms with Gasteiger partial charge in [0, 0.05) is 17.8 Å². The summed E-state index contributed by atoms with van der Waals surface area (Å²) in [6.45, 7) is 1.03. The van der Waals surface area contributed by atoms with Crippen molar-refractivity contribution in [1.82, 2.24) is 0 Å². The van der Waals surface area contributed by atoms with Crippen molar-refractivity contribution in [2.45, 2.75) is 13.0 Å². The number of carbonyl (C=O) groups excluding carboxylic acids is 2. The summed E-state index contributed by atoms with van der Waals surface area (Å²) in [5.74, 6) is 0.140. The minimum atomic E-state index is -0.239. The lowest BCUT2D eigenvalue weighted by Gasteiger charge is -2.32. The molecular formula is C23H16N2O3. The highest BCUT2D eigenvalue weighted by Crippen LogP contribution is 2.47. The normalized spacial score (nSPS) is 19.6. The summed E-state index contributed by atoms with van der Waals surface area (Å²) < 4.78 is 6.05. The Bertz CT molecular complexity index is 1120. The predicted octanol–water partition coefficient (Wildman–Crippen LogP) is 3.48. The molecule has 2 aliphatic carbocycles. The molecule has 2 amide bonds. The summed E-state index contributed by atoms with van der Waals surface area (Å²) in [4.78, 5) is 29.5. The molecule has 0 saturated carbocycles. The van der Waals surface area contributed by atoms with E-state index in [-0.39, 0.29) is 11.8 Å². The SMILES string of the molecule is O=C1C2=C3C=CC(=C2C(=O)N1c1cccc2c1OCN(c1ccccc1)C2)C3. The Labute approximate surface area is 161 Å². The summed E-state index contributed by atoms with van der Waals surface area (Å²) in [5.41, 5.74) is 5.61. The number of imide groups is 1. The number of benzene rings is 2. The Hall–Kier alpha value is -3.60. The van der Waals surface area contributed by atoms with E-state index in [2.05, 4.69) is 4.90 Å². The first-order valence-corrected chi connectivity index (χ1v) is 9.30. The van der Waals surface area contributed by atoms with Crippen molar-refractivity contribution in [1.29, 1.82) is 0 Å². The van der Waals surface area contributed by atoms with E-state index in [1.807, 2.05) is 54.6 Å². The maximum atomic E-state index is 13.1. The van der Waals surface area contributed by atoms with E-state index in [1.54, 1.807) is 6.07 Å². The first kappa shape index (κ1) is 15.5. The zero-order valence-electron chi connectivity index (χ0n) is 15.0. The zero-order valence-corrected chi connectivity index (χ0v) is 15.0. The Kier molecular flexibility index (Phi) is 3.01. The first-order chi connectivity index (χ1) is 13.7. The first-order valence-electron chi connectivity index (χ1n) is 9.30. The molecule has 0 radical (unpaired) electrons. The van der Waals surface area contributed by atoms with E-state index in [4.69, 9.17) is 4.74 Å². The molecule has 2 aromatic carbocycles. The van der Waals surface area contributed by atoms with Crippen molar-refractivity contribution < 1.29 is 14.3 Å². The highest BCUT2D eigenvalue weighted by molar-refractivity contribution is 6.39. The van der Waals surface area contributed by atoms with Crippen LogP contribution >= 0.6 is 0 Å². The maximum Gasteiger partial charge on any atom is 0.266 e. The number of allylic oxidation sites excluding steroid dienone is 4. The third kappa shape index (κ3) is 1.96. The molecule has 1 saturated heterocycles. The molecule has 0 atom stereocenters. The van der Waals surface area contributed by atoms with Crippen molar-refractivity contribution in [3.63, 3.8) is 0 Å². The number of para-hydroxylation sites is 2. The lowest BCUT2D eigenvalue weighted by atomic mass is 10.1. The summed E-state index contributed by atoms with van der Waals surface area (Å²) in [6.07, 6.45) is 4.58. The van der Waals surface area contributed by atoms with Crippen LogP contribution in [-0.2, 0) is 16.1 Å². The van der Waals surface area contributed by atoms with Crippen LogP contribution in [0.2, 0.25) is 0 Å². The molecule has 1 fully saturated rings. The molecule has 5 nitrogen and oxygen atoms in total. The average molecular weight is 368 g/mol. The Morgan fingerprint density at radius 3 is 2.25 bits per heavy atom. The number of nitrogens with zero attached hydrogens (tertiary/aromatic N) is 2. The molecule has 28 heavy (non-hydrogen) atoms. The van der Waals surface area contributed by atoms with Crippen LogP contribution in [0.1, 0.15) is 12.0 Å². The van der Waals surface area contributed by atoms with E-state index in [9.17, 15) is 9.59 Å². The van der Waals surface area contributed by atoms with Crippen LogP contribution in [0, 0.1) is 0 Å². The van der Waals surface area contributed by atoms with Gasteiger partial charge in [0.05, 0.1) is 16.8 Å². The quantitative estimate of drug-likeness (QED) is 0.762. The van der Waals surface area contributed by atoms with Gasteiger partial charge in [0.1, 0.15) is 0 Å². The van der Waals surface area contributed by atoms with Gasteiger partial charge in [-0.2, -0.15) is 0 Å². The third-order valence-corrected chi connectivity index (χ3v) is 5.76. The molecule has 0 aromatic heterocycles. The van der Waals surface area contributed by atoms with Gasteiger partial charge < -0.3 is 9.64 Å². The van der Waals surface area contributed by atoms with Gasteiger partial charge in [0.15, 0.2) is 12.5 Å². The second-order valence-corrected chi connectivity index (χ2v) is 7.33. The van der Waals surface area contributed by atoms with E-state index in [0.29, 0.717) is 42.3 Å². The fourth-order valence-electron chi connectivity index (χ4n) is 4.45. The lowest BCUT2D eigenvalue weighted by Crippen LogP contribution is -2.35. The van der Waals surface area contributed by atoms with Gasteiger partial charge in [0.25, 0.3) is 11.8 Å². The summed E-state index contributed by atoms with van der Waals surface area (Å²) >= 11 is 0. The molecule has 4 aliphatic rings. The number of rotatable bonds is 2. The standard InChI is InChI=1S/C23H16N2O3/c26-22-19-14-9-10-15(11-14)20(19)23(27)25(22)18-8-4-5-16-12-24(13-28-21(16)18)17-6-2-1-3-7-17/h1-10H,11-13H2. The van der Waals surface area contributed by atoms with Crippen LogP contribution in [0.5, 0.6) is 5.75 Å². The van der Waals surface area contributed by atoms with Crippen molar-refractivity contribution in [3.8, 4) is 5.75 Å². The number of ether oxygens (including phenoxy) is 1. The number of carbonyl (C=O) groups is 2. The molecule has 2 heterocycles. The Balaban J connectivity index is 1.39. The summed E-state index contributed by atoms with van der Waals surface area (Å²) in [6, 6.07) is 15.7. The second kappa shape index (κ2) is 5.45. The largest absolute Gasteiger partial charge is 0.471 e. The van der Waals surface area contributed by atoms with Crippen molar-refractivity contribution >= 4 is 23.2 Å². The van der Waals surface area contributed by atoms with Crippen LogP contribution in [0.3, 0.4) is 0 Å². The fraction of sp³-hybridized carbons (Fsp3) is 0.130. The molecule has 6 rings (SSSR count). The van der Waals surface area contributed by atoms with Gasteiger partial charge in [-0.1, -0.05) is 42.5 Å². The summed E-state index contributed by atoms with van der Waals surface area (Å²) in [7, 11) is 0. The zero-order chi connectivity index (χ0) is 18.8. The van der Waals surface area contributed by atoms with E-state index in [0.717, 1.165) is 22.4 Å². The van der Waals surface area contributed by atoms with Crippen molar-refractivity contribution in [2.24, 2.45) is 0 Å². The van der Waals surface area contributed by atoms with Gasteiger partial charge in [-0.25, -0.2) is 4.90 Å². The van der Waals surface area contributed by atoms with Gasteiger partial charge in [0.2, 0.25) is 0 Å². The fourth-order valence-corrected chi connectivity index (χ4v) is 4.45. The lowest BCUT2D eigenvalue weighted by molar-refractivity contribution is -0.119. The van der Waals surface area contributed by atoms with Gasteiger partial charge in [-0.3, -0.25) is 9.59 Å². The van der Waals surface area contributed by atoms with E-state index >= 15 is 0 Å². The Morgan fingerprint density at radius 1 is 0.821 bits per heavy atom. The van der Waals surface area contributed by atoms with E-state index in [1.165, 1.54) is 4.90 Å². The molecule has 5 heteroatoms. The van der Waals surface area contributed by atoms with E-state index < -0.39 is 0 Å². The maximum absolute atomic E-state index is 13.1. The average Bonchev–Trinajstić information content (AvgIpc) is 3.42. The predicted molar refractivity (Wildman–Crippen MR) is 105 cm³/mol. The number of anilines is 2. The van der Waals surface area contributed by atoms with Gasteiger partial charge >= 0.3 is 0 Å². The molecule has 0 N–H and O–H groups in total. The van der Waals surface area contributed by atoms with Crippen molar-refractivity contribution in [3.05, 3.63) is 88.5 Å². The number of fused-ring (bicyclic) bond motifs is 4. The van der Waals surface area contributed by atoms with Gasteiger partial charge in [-0.15, -0.1) is 0 Å². The number of hydrogen-bond donors (Lipinski definition) is 0. The molecule has 0 unspecified atom stereocenters.